The van der Waals surface area contributed by atoms with Gasteiger partial charge >= 0.3 is 0 Å². The van der Waals surface area contributed by atoms with Crippen LogP contribution in [0.3, 0.4) is 0 Å². The lowest BCUT2D eigenvalue weighted by atomic mass is 9.91. The van der Waals surface area contributed by atoms with Gasteiger partial charge in [0.15, 0.2) is 0 Å². The second-order valence-electron chi connectivity index (χ2n) is 7.57. The number of carbonyl (C=O) groups excluding carboxylic acids is 1. The van der Waals surface area contributed by atoms with Gasteiger partial charge in [0, 0.05) is 32.1 Å². The molecule has 7 nitrogen and oxygen atoms in total. The molecule has 0 atom stereocenters. The quantitative estimate of drug-likeness (QED) is 0.768. The van der Waals surface area contributed by atoms with Gasteiger partial charge in [-0.05, 0) is 44.1 Å². The van der Waals surface area contributed by atoms with E-state index in [9.17, 15) is 9.18 Å². The summed E-state index contributed by atoms with van der Waals surface area (Å²) in [5.74, 6) is -0.220. The highest BCUT2D eigenvalue weighted by atomic mass is 19.1. The molecule has 2 aliphatic heterocycles. The molecule has 0 saturated carbocycles. The van der Waals surface area contributed by atoms with Gasteiger partial charge in [-0.15, -0.1) is 0 Å². The first-order valence-corrected chi connectivity index (χ1v) is 10.4. The monoisotopic (exact) mass is 401 g/mol. The van der Waals surface area contributed by atoms with E-state index in [4.69, 9.17) is 4.74 Å². The second-order valence-corrected chi connectivity index (χ2v) is 7.57. The Morgan fingerprint density at radius 1 is 1.28 bits per heavy atom. The number of nitrogens with zero attached hydrogens (tertiary/aromatic N) is 3. The number of rotatable bonds is 6. The largest absolute Gasteiger partial charge is 0.379 e. The maximum Gasteiger partial charge on any atom is 0.254 e. The first-order chi connectivity index (χ1) is 14.2. The summed E-state index contributed by atoms with van der Waals surface area (Å²) in [6, 6.07) is 6.36. The summed E-state index contributed by atoms with van der Waals surface area (Å²) < 4.78 is 20.9. The molecule has 1 aromatic carbocycles. The van der Waals surface area contributed by atoms with Gasteiger partial charge < -0.3 is 15.4 Å². The molecule has 1 amide bonds. The summed E-state index contributed by atoms with van der Waals surface area (Å²) in [5, 5.41) is 10.9. The predicted molar refractivity (Wildman–Crippen MR) is 108 cm³/mol. The zero-order valence-corrected chi connectivity index (χ0v) is 16.6. The number of hydrogen-bond acceptors (Lipinski definition) is 5. The average Bonchev–Trinajstić information content (AvgIpc) is 3.20. The number of aromatic nitrogens is 2. The number of nitrogens with one attached hydrogen (secondary N) is 2. The SMILES string of the molecule is O=C(NCCN1CCOCC1)c1cnn(-c2cccc(F)c2)c1C1CCNCC1. The van der Waals surface area contributed by atoms with Crippen LogP contribution < -0.4 is 10.6 Å². The van der Waals surface area contributed by atoms with Gasteiger partial charge in [0.1, 0.15) is 5.82 Å². The third-order valence-electron chi connectivity index (χ3n) is 5.65. The summed E-state index contributed by atoms with van der Waals surface area (Å²) in [4.78, 5) is 15.2. The Balaban J connectivity index is 1.53. The molecular formula is C21H28FN5O2. The van der Waals surface area contributed by atoms with Crippen molar-refractivity contribution in [1.29, 1.82) is 0 Å². The first-order valence-electron chi connectivity index (χ1n) is 10.4. The van der Waals surface area contributed by atoms with E-state index in [1.807, 2.05) is 6.07 Å². The van der Waals surface area contributed by atoms with Crippen LogP contribution in [0.15, 0.2) is 30.5 Å². The summed E-state index contributed by atoms with van der Waals surface area (Å²) in [7, 11) is 0. The molecule has 156 valence electrons. The Labute approximate surface area is 170 Å². The van der Waals surface area contributed by atoms with Crippen LogP contribution in [0.5, 0.6) is 0 Å². The smallest absolute Gasteiger partial charge is 0.254 e. The van der Waals surface area contributed by atoms with Gasteiger partial charge in [0.05, 0.1) is 36.4 Å². The van der Waals surface area contributed by atoms with Gasteiger partial charge in [-0.2, -0.15) is 5.10 Å². The van der Waals surface area contributed by atoms with Gasteiger partial charge in [-0.25, -0.2) is 9.07 Å². The molecule has 2 saturated heterocycles. The van der Waals surface area contributed by atoms with Crippen LogP contribution in [-0.4, -0.2) is 73.1 Å². The van der Waals surface area contributed by atoms with Crippen molar-refractivity contribution in [3.63, 3.8) is 0 Å². The topological polar surface area (TPSA) is 71.4 Å². The number of ether oxygens (including phenoxy) is 1. The molecule has 2 aliphatic rings. The van der Waals surface area contributed by atoms with Crippen molar-refractivity contribution in [1.82, 2.24) is 25.3 Å². The summed E-state index contributed by atoms with van der Waals surface area (Å²) in [5.41, 5.74) is 2.11. The molecule has 2 fully saturated rings. The maximum absolute atomic E-state index is 13.8. The van der Waals surface area contributed by atoms with Gasteiger partial charge in [-0.3, -0.25) is 9.69 Å². The lowest BCUT2D eigenvalue weighted by Crippen LogP contribution is -2.41. The maximum atomic E-state index is 13.8. The highest BCUT2D eigenvalue weighted by Gasteiger charge is 2.27. The molecule has 0 radical (unpaired) electrons. The van der Waals surface area contributed by atoms with Crippen molar-refractivity contribution in [2.45, 2.75) is 18.8 Å². The van der Waals surface area contributed by atoms with E-state index in [1.165, 1.54) is 12.1 Å². The third kappa shape index (κ3) is 4.83. The molecule has 8 heteroatoms. The minimum Gasteiger partial charge on any atom is -0.379 e. The van der Waals surface area contributed by atoms with Crippen LogP contribution in [0, 0.1) is 5.82 Å². The minimum atomic E-state index is -0.314. The van der Waals surface area contributed by atoms with Crippen LogP contribution in [0.25, 0.3) is 5.69 Å². The van der Waals surface area contributed by atoms with Crippen molar-refractivity contribution in [3.8, 4) is 5.69 Å². The average molecular weight is 401 g/mol. The lowest BCUT2D eigenvalue weighted by molar-refractivity contribution is 0.0383. The van der Waals surface area contributed by atoms with Crippen LogP contribution in [-0.2, 0) is 4.74 Å². The second kappa shape index (κ2) is 9.47. The Morgan fingerprint density at radius 2 is 2.07 bits per heavy atom. The Morgan fingerprint density at radius 3 is 2.83 bits per heavy atom. The fourth-order valence-corrected chi connectivity index (χ4v) is 4.08. The molecule has 2 aromatic rings. The molecule has 0 aliphatic carbocycles. The molecule has 2 N–H and O–H groups in total. The molecule has 4 rings (SSSR count). The lowest BCUT2D eigenvalue weighted by Gasteiger charge is -2.26. The standard InChI is InChI=1S/C21H28FN5O2/c22-17-2-1-3-18(14-17)27-20(16-4-6-23-7-5-16)19(15-25-27)21(28)24-8-9-26-10-12-29-13-11-26/h1-3,14-16,23H,4-13H2,(H,24,28). The van der Waals surface area contributed by atoms with Crippen LogP contribution in [0.1, 0.15) is 34.8 Å². The molecule has 0 unspecified atom stereocenters. The normalized spacial score (nSPS) is 18.7. The van der Waals surface area contributed by atoms with E-state index in [2.05, 4.69) is 20.6 Å². The van der Waals surface area contributed by atoms with Gasteiger partial charge in [0.25, 0.3) is 5.91 Å². The zero-order chi connectivity index (χ0) is 20.1. The predicted octanol–water partition coefficient (Wildman–Crippen LogP) is 1.54. The van der Waals surface area contributed by atoms with E-state index in [-0.39, 0.29) is 17.6 Å². The van der Waals surface area contributed by atoms with E-state index < -0.39 is 0 Å². The number of amides is 1. The van der Waals surface area contributed by atoms with Gasteiger partial charge in [-0.1, -0.05) is 6.07 Å². The van der Waals surface area contributed by atoms with Crippen molar-refractivity contribution in [3.05, 3.63) is 47.5 Å². The number of benzene rings is 1. The Hall–Kier alpha value is -2.29. The number of halogens is 1. The molecule has 1 aromatic heterocycles. The highest BCUT2D eigenvalue weighted by molar-refractivity contribution is 5.95. The molecular weight excluding hydrogens is 373 g/mol. The number of hydrogen-bond donors (Lipinski definition) is 2. The van der Waals surface area contributed by atoms with Crippen molar-refractivity contribution < 1.29 is 13.9 Å². The highest BCUT2D eigenvalue weighted by Crippen LogP contribution is 2.30. The zero-order valence-electron chi connectivity index (χ0n) is 16.6. The molecule has 3 heterocycles. The molecule has 0 spiro atoms. The van der Waals surface area contributed by atoms with Crippen molar-refractivity contribution in [2.75, 3.05) is 52.5 Å². The van der Waals surface area contributed by atoms with E-state index >= 15 is 0 Å². The van der Waals surface area contributed by atoms with Crippen LogP contribution in [0.4, 0.5) is 4.39 Å². The fraction of sp³-hybridized carbons (Fsp3) is 0.524. The van der Waals surface area contributed by atoms with Crippen molar-refractivity contribution in [2.24, 2.45) is 0 Å². The van der Waals surface area contributed by atoms with E-state index in [0.29, 0.717) is 17.8 Å². The third-order valence-corrected chi connectivity index (χ3v) is 5.65. The summed E-state index contributed by atoms with van der Waals surface area (Å²) in [6.07, 6.45) is 3.47. The molecule has 29 heavy (non-hydrogen) atoms. The van der Waals surface area contributed by atoms with Gasteiger partial charge in [0.2, 0.25) is 0 Å². The Kier molecular flexibility index (Phi) is 6.53. The van der Waals surface area contributed by atoms with E-state index in [1.54, 1.807) is 16.9 Å². The number of morpholine rings is 1. The van der Waals surface area contributed by atoms with Crippen molar-refractivity contribution >= 4 is 5.91 Å². The minimum absolute atomic E-state index is 0.116. The summed E-state index contributed by atoms with van der Waals surface area (Å²) in [6.45, 7) is 6.46. The Bertz CT molecular complexity index is 828. The fourth-order valence-electron chi connectivity index (χ4n) is 4.08. The van der Waals surface area contributed by atoms with E-state index in [0.717, 1.165) is 64.5 Å². The summed E-state index contributed by atoms with van der Waals surface area (Å²) >= 11 is 0. The van der Waals surface area contributed by atoms with Crippen LogP contribution >= 0.6 is 0 Å². The first kappa shape index (κ1) is 20.0. The number of carbonyl (C=O) groups is 1. The van der Waals surface area contributed by atoms with Crippen LogP contribution in [0.2, 0.25) is 0 Å². The molecule has 0 bridgehead atoms. The number of piperidine rings is 1.